The third-order valence-corrected chi connectivity index (χ3v) is 6.04. The second-order valence-electron chi connectivity index (χ2n) is 5.80. The number of benzene rings is 2. The molecule has 2 aromatic carbocycles. The Bertz CT molecular complexity index is 1250. The van der Waals surface area contributed by atoms with Gasteiger partial charge in [-0.1, -0.05) is 52.2 Å². The van der Waals surface area contributed by atoms with E-state index in [0.29, 0.717) is 31.5 Å². The van der Waals surface area contributed by atoms with Crippen LogP contribution in [-0.4, -0.2) is 16.0 Å². The number of carbonyl (C=O) groups is 1. The van der Waals surface area contributed by atoms with Crippen molar-refractivity contribution in [3.63, 3.8) is 0 Å². The Hall–Kier alpha value is -2.16. The predicted octanol–water partition coefficient (Wildman–Crippen LogP) is 6.64. The number of anilines is 1. The summed E-state index contributed by atoms with van der Waals surface area (Å²) >= 11 is 24.8. The van der Waals surface area contributed by atoms with Crippen LogP contribution in [0.4, 0.5) is 5.13 Å². The molecule has 0 unspecified atom stereocenters. The molecule has 29 heavy (non-hydrogen) atoms. The van der Waals surface area contributed by atoms with E-state index >= 15 is 0 Å². The highest BCUT2D eigenvalue weighted by Gasteiger charge is 2.16. The molecule has 0 atom stereocenters. The molecule has 0 radical (unpaired) electrons. The predicted molar refractivity (Wildman–Crippen MR) is 122 cm³/mol. The van der Waals surface area contributed by atoms with Crippen LogP contribution in [0.1, 0.15) is 10.6 Å². The topological polar surface area (TPSA) is 67.2 Å². The SMILES string of the molecule is O=C(NC(=S)Nc1nc2ccc(Cl)cc2s1)c1ccc(-c2cccc(Cl)c2Cl)o1. The molecule has 4 rings (SSSR count). The standard InChI is InChI=1S/C19H10Cl3N3O2S2/c20-9-4-5-12-15(8-9)29-19(23-12)25-18(28)24-17(26)14-7-6-13(27-14)10-2-1-3-11(21)16(10)22/h1-8H,(H2,23,24,25,26,28). The quantitative estimate of drug-likeness (QED) is 0.320. The van der Waals surface area contributed by atoms with Crippen molar-refractivity contribution in [3.8, 4) is 11.3 Å². The number of fused-ring (bicyclic) bond motifs is 1. The van der Waals surface area contributed by atoms with Gasteiger partial charge in [0.15, 0.2) is 16.0 Å². The maximum Gasteiger partial charge on any atom is 0.293 e. The maximum absolute atomic E-state index is 12.4. The average molecular weight is 483 g/mol. The Balaban J connectivity index is 1.45. The summed E-state index contributed by atoms with van der Waals surface area (Å²) < 4.78 is 6.52. The summed E-state index contributed by atoms with van der Waals surface area (Å²) in [4.78, 5) is 16.8. The number of thiazole rings is 1. The van der Waals surface area contributed by atoms with Crippen LogP contribution in [-0.2, 0) is 0 Å². The molecule has 0 spiro atoms. The third kappa shape index (κ3) is 4.39. The van der Waals surface area contributed by atoms with Crippen molar-refractivity contribution in [1.29, 1.82) is 0 Å². The van der Waals surface area contributed by atoms with Gasteiger partial charge in [-0.05, 0) is 54.7 Å². The van der Waals surface area contributed by atoms with Gasteiger partial charge < -0.3 is 9.73 Å². The Morgan fingerprint density at radius 2 is 1.93 bits per heavy atom. The minimum atomic E-state index is -0.504. The average Bonchev–Trinajstić information content (AvgIpc) is 3.30. The fraction of sp³-hybridized carbons (Fsp3) is 0. The van der Waals surface area contributed by atoms with Crippen molar-refractivity contribution >= 4 is 84.7 Å². The van der Waals surface area contributed by atoms with Gasteiger partial charge in [0.05, 0.1) is 20.3 Å². The summed E-state index contributed by atoms with van der Waals surface area (Å²) in [5, 5.41) is 7.46. The van der Waals surface area contributed by atoms with E-state index in [9.17, 15) is 4.79 Å². The van der Waals surface area contributed by atoms with E-state index in [1.54, 1.807) is 30.3 Å². The minimum absolute atomic E-state index is 0.0799. The van der Waals surface area contributed by atoms with E-state index in [1.807, 2.05) is 12.1 Å². The Labute approximate surface area is 189 Å². The molecule has 2 heterocycles. The lowest BCUT2D eigenvalue weighted by atomic mass is 10.2. The second-order valence-corrected chi connectivity index (χ2v) is 8.47. The molecule has 10 heteroatoms. The van der Waals surface area contributed by atoms with Gasteiger partial charge in [-0.2, -0.15) is 0 Å². The van der Waals surface area contributed by atoms with Crippen LogP contribution >= 0.6 is 58.4 Å². The summed E-state index contributed by atoms with van der Waals surface area (Å²) in [6.45, 7) is 0. The van der Waals surface area contributed by atoms with Crippen LogP contribution in [0.15, 0.2) is 52.9 Å². The highest BCUT2D eigenvalue weighted by Crippen LogP contribution is 2.34. The third-order valence-electron chi connectivity index (χ3n) is 3.84. The van der Waals surface area contributed by atoms with Crippen molar-refractivity contribution in [2.24, 2.45) is 0 Å². The normalized spacial score (nSPS) is 10.9. The molecule has 2 N–H and O–H groups in total. The molecule has 0 fully saturated rings. The number of hydrogen-bond donors (Lipinski definition) is 2. The molecule has 4 aromatic rings. The largest absolute Gasteiger partial charge is 0.451 e. The molecule has 1 amide bonds. The van der Waals surface area contributed by atoms with Crippen molar-refractivity contribution in [3.05, 3.63) is 69.4 Å². The lowest BCUT2D eigenvalue weighted by molar-refractivity contribution is 0.0951. The van der Waals surface area contributed by atoms with Crippen LogP contribution in [0.5, 0.6) is 0 Å². The van der Waals surface area contributed by atoms with E-state index in [-0.39, 0.29) is 10.9 Å². The first-order chi connectivity index (χ1) is 13.9. The highest BCUT2D eigenvalue weighted by molar-refractivity contribution is 7.80. The molecule has 5 nitrogen and oxygen atoms in total. The molecule has 2 aromatic heterocycles. The Kier molecular flexibility index (Phi) is 5.76. The first-order valence-electron chi connectivity index (χ1n) is 8.13. The van der Waals surface area contributed by atoms with Crippen molar-refractivity contribution < 1.29 is 9.21 Å². The number of thiocarbonyl (C=S) groups is 1. The van der Waals surface area contributed by atoms with Gasteiger partial charge in [-0.3, -0.25) is 10.1 Å². The summed E-state index contributed by atoms with van der Waals surface area (Å²) in [6, 6.07) is 13.7. The zero-order valence-electron chi connectivity index (χ0n) is 14.3. The number of halogens is 3. The number of nitrogens with zero attached hydrogens (tertiary/aromatic N) is 1. The molecular formula is C19H10Cl3N3O2S2. The lowest BCUT2D eigenvalue weighted by Gasteiger charge is -2.05. The smallest absolute Gasteiger partial charge is 0.293 e. The number of aromatic nitrogens is 1. The number of furan rings is 1. The van der Waals surface area contributed by atoms with Gasteiger partial charge in [-0.15, -0.1) is 0 Å². The molecule has 0 saturated carbocycles. The highest BCUT2D eigenvalue weighted by atomic mass is 35.5. The Morgan fingerprint density at radius 3 is 2.76 bits per heavy atom. The number of rotatable bonds is 3. The fourth-order valence-electron chi connectivity index (χ4n) is 2.54. The fourth-order valence-corrected chi connectivity index (χ4v) is 4.34. The van der Waals surface area contributed by atoms with E-state index in [0.717, 1.165) is 10.2 Å². The number of nitrogens with one attached hydrogen (secondary N) is 2. The van der Waals surface area contributed by atoms with E-state index in [2.05, 4.69) is 15.6 Å². The van der Waals surface area contributed by atoms with Crippen LogP contribution < -0.4 is 10.6 Å². The van der Waals surface area contributed by atoms with Crippen LogP contribution in [0.2, 0.25) is 15.1 Å². The van der Waals surface area contributed by atoms with Gasteiger partial charge >= 0.3 is 0 Å². The zero-order valence-corrected chi connectivity index (χ0v) is 18.2. The maximum atomic E-state index is 12.4. The zero-order chi connectivity index (χ0) is 20.5. The van der Waals surface area contributed by atoms with Gasteiger partial charge in [0, 0.05) is 10.6 Å². The lowest BCUT2D eigenvalue weighted by Crippen LogP contribution is -2.33. The molecule has 0 saturated heterocycles. The number of amides is 1. The Morgan fingerprint density at radius 1 is 1.10 bits per heavy atom. The van der Waals surface area contributed by atoms with Crippen molar-refractivity contribution in [2.75, 3.05) is 5.32 Å². The van der Waals surface area contributed by atoms with Gasteiger partial charge in [-0.25, -0.2) is 4.98 Å². The molecule has 0 aliphatic rings. The first-order valence-corrected chi connectivity index (χ1v) is 10.5. The van der Waals surface area contributed by atoms with Gasteiger partial charge in [0.25, 0.3) is 5.91 Å². The first kappa shape index (κ1) is 20.1. The summed E-state index contributed by atoms with van der Waals surface area (Å²) in [5.41, 5.74) is 1.37. The molecule has 0 aliphatic heterocycles. The minimum Gasteiger partial charge on any atom is -0.451 e. The number of carbonyl (C=O) groups excluding carboxylic acids is 1. The van der Waals surface area contributed by atoms with Crippen molar-refractivity contribution in [1.82, 2.24) is 10.3 Å². The molecular weight excluding hydrogens is 473 g/mol. The van der Waals surface area contributed by atoms with Crippen molar-refractivity contribution in [2.45, 2.75) is 0 Å². The van der Waals surface area contributed by atoms with Crippen LogP contribution in [0.3, 0.4) is 0 Å². The van der Waals surface area contributed by atoms with Crippen LogP contribution in [0, 0.1) is 0 Å². The van der Waals surface area contributed by atoms with Gasteiger partial charge in [0.1, 0.15) is 5.76 Å². The molecule has 0 bridgehead atoms. The van der Waals surface area contributed by atoms with E-state index in [1.165, 1.54) is 17.4 Å². The van der Waals surface area contributed by atoms with E-state index in [4.69, 9.17) is 51.4 Å². The summed E-state index contributed by atoms with van der Waals surface area (Å²) in [6.07, 6.45) is 0. The number of hydrogen-bond acceptors (Lipinski definition) is 5. The molecule has 146 valence electrons. The van der Waals surface area contributed by atoms with E-state index < -0.39 is 5.91 Å². The monoisotopic (exact) mass is 481 g/mol. The second kappa shape index (κ2) is 8.30. The van der Waals surface area contributed by atoms with Gasteiger partial charge in [0.2, 0.25) is 0 Å². The molecule has 0 aliphatic carbocycles. The summed E-state index contributed by atoms with van der Waals surface area (Å²) in [5.74, 6) is -0.00286. The summed E-state index contributed by atoms with van der Waals surface area (Å²) in [7, 11) is 0. The van der Waals surface area contributed by atoms with Crippen LogP contribution in [0.25, 0.3) is 21.5 Å².